The summed E-state index contributed by atoms with van der Waals surface area (Å²) in [5, 5.41) is 0. The van der Waals surface area contributed by atoms with Gasteiger partial charge < -0.3 is 9.64 Å². The largest absolute Gasteiger partial charge is 0.379 e. The Hall–Kier alpha value is -2.17. The molecule has 1 aliphatic carbocycles. The monoisotopic (exact) mass is 375 g/mol. The topological polar surface area (TPSA) is 28.6 Å². The number of nitrogens with zero attached hydrogens (tertiary/aromatic N) is 3. The molecule has 1 aromatic carbocycles. The van der Waals surface area contributed by atoms with Gasteiger partial charge in [-0.2, -0.15) is 0 Å². The molecule has 4 heteroatoms. The van der Waals surface area contributed by atoms with Crippen LogP contribution in [-0.2, 0) is 11.2 Å². The quantitative estimate of drug-likeness (QED) is 0.811. The summed E-state index contributed by atoms with van der Waals surface area (Å²) in [6, 6.07) is 11.2. The highest BCUT2D eigenvalue weighted by Gasteiger charge is 2.21. The van der Waals surface area contributed by atoms with E-state index in [1.807, 2.05) is 6.20 Å². The lowest BCUT2D eigenvalue weighted by atomic mass is 10.0. The highest BCUT2D eigenvalue weighted by atomic mass is 16.5. The van der Waals surface area contributed by atoms with Crippen molar-refractivity contribution in [2.24, 2.45) is 5.92 Å². The summed E-state index contributed by atoms with van der Waals surface area (Å²) in [5.41, 5.74) is 7.89. The first-order valence-corrected chi connectivity index (χ1v) is 10.6. The van der Waals surface area contributed by atoms with E-state index in [-0.39, 0.29) is 0 Å². The fourth-order valence-electron chi connectivity index (χ4n) is 4.71. The van der Waals surface area contributed by atoms with Gasteiger partial charge in [0, 0.05) is 55.7 Å². The number of ether oxygens (including phenoxy) is 1. The maximum absolute atomic E-state index is 5.48. The molecule has 0 radical (unpaired) electrons. The standard InChI is InChI=1S/C24H29N3O/c1-18-7-9-27(16-18)22-4-2-20(3-5-22)24-23-15-19(14-21(23)6-8-25-24)17-26-10-12-28-13-11-26/h2-6,8,15,18H,7,9-14,16-17H2,1H3. The molecule has 0 amide bonds. The van der Waals surface area contributed by atoms with Crippen molar-refractivity contribution in [2.45, 2.75) is 19.8 Å². The zero-order valence-corrected chi connectivity index (χ0v) is 16.7. The molecule has 1 atom stereocenters. The van der Waals surface area contributed by atoms with Gasteiger partial charge in [-0.3, -0.25) is 9.88 Å². The summed E-state index contributed by atoms with van der Waals surface area (Å²) in [7, 11) is 0. The average Bonchev–Trinajstić information content (AvgIpc) is 3.34. The van der Waals surface area contributed by atoms with E-state index >= 15 is 0 Å². The lowest BCUT2D eigenvalue weighted by Crippen LogP contribution is -2.37. The van der Waals surface area contributed by atoms with Gasteiger partial charge in [0.15, 0.2) is 0 Å². The number of aromatic nitrogens is 1. The molecule has 2 aliphatic heterocycles. The molecule has 5 rings (SSSR count). The minimum absolute atomic E-state index is 0.800. The van der Waals surface area contributed by atoms with E-state index in [1.54, 1.807) is 0 Å². The lowest BCUT2D eigenvalue weighted by molar-refractivity contribution is 0.0422. The molecule has 1 aromatic heterocycles. The van der Waals surface area contributed by atoms with Crippen molar-refractivity contribution in [3.63, 3.8) is 0 Å². The van der Waals surface area contributed by atoms with Crippen molar-refractivity contribution in [1.29, 1.82) is 0 Å². The molecule has 3 heterocycles. The number of benzene rings is 1. The number of anilines is 1. The fourth-order valence-corrected chi connectivity index (χ4v) is 4.71. The van der Waals surface area contributed by atoms with Gasteiger partial charge in [0.25, 0.3) is 0 Å². The van der Waals surface area contributed by atoms with Gasteiger partial charge in [0.2, 0.25) is 0 Å². The van der Waals surface area contributed by atoms with E-state index in [0.29, 0.717) is 0 Å². The number of pyridine rings is 1. The van der Waals surface area contributed by atoms with Gasteiger partial charge in [-0.25, -0.2) is 0 Å². The fraction of sp³-hybridized carbons (Fsp3) is 0.458. The predicted molar refractivity (Wildman–Crippen MR) is 115 cm³/mol. The molecule has 0 bridgehead atoms. The molecular formula is C24H29N3O. The Labute approximate surface area is 167 Å². The van der Waals surface area contributed by atoms with Crippen LogP contribution in [0.15, 0.2) is 42.1 Å². The van der Waals surface area contributed by atoms with Crippen LogP contribution in [0.25, 0.3) is 17.3 Å². The minimum Gasteiger partial charge on any atom is -0.379 e. The Kier molecular flexibility index (Phi) is 4.91. The van der Waals surface area contributed by atoms with Gasteiger partial charge >= 0.3 is 0 Å². The molecule has 3 aliphatic rings. The summed E-state index contributed by atoms with van der Waals surface area (Å²) >= 11 is 0. The third-order valence-electron chi connectivity index (χ3n) is 6.31. The van der Waals surface area contributed by atoms with Crippen molar-refractivity contribution < 1.29 is 4.74 Å². The zero-order chi connectivity index (χ0) is 18.9. The number of hydrogen-bond acceptors (Lipinski definition) is 4. The molecular weight excluding hydrogens is 346 g/mol. The zero-order valence-electron chi connectivity index (χ0n) is 16.7. The molecule has 146 valence electrons. The summed E-state index contributed by atoms with van der Waals surface area (Å²) < 4.78 is 5.48. The molecule has 2 saturated heterocycles. The van der Waals surface area contributed by atoms with E-state index in [0.717, 1.165) is 50.9 Å². The molecule has 0 spiro atoms. The minimum atomic E-state index is 0.800. The normalized spacial score (nSPS) is 22.4. The van der Waals surface area contributed by atoms with E-state index in [1.165, 1.54) is 47.5 Å². The van der Waals surface area contributed by atoms with E-state index in [2.05, 4.69) is 53.1 Å². The van der Waals surface area contributed by atoms with Gasteiger partial charge in [-0.15, -0.1) is 0 Å². The van der Waals surface area contributed by atoms with Crippen LogP contribution in [-0.4, -0.2) is 55.8 Å². The highest BCUT2D eigenvalue weighted by molar-refractivity contribution is 5.78. The highest BCUT2D eigenvalue weighted by Crippen LogP contribution is 2.34. The van der Waals surface area contributed by atoms with Crippen LogP contribution in [0.5, 0.6) is 0 Å². The van der Waals surface area contributed by atoms with Crippen molar-refractivity contribution >= 4 is 11.8 Å². The summed E-state index contributed by atoms with van der Waals surface area (Å²) in [6.45, 7) is 9.52. The Morgan fingerprint density at radius 1 is 1.07 bits per heavy atom. The first-order chi connectivity index (χ1) is 13.8. The summed E-state index contributed by atoms with van der Waals surface area (Å²) in [4.78, 5) is 9.75. The molecule has 1 unspecified atom stereocenters. The number of fused-ring (bicyclic) bond motifs is 1. The van der Waals surface area contributed by atoms with Crippen LogP contribution in [0.1, 0.15) is 24.5 Å². The molecule has 0 N–H and O–H groups in total. The first kappa shape index (κ1) is 17.9. The average molecular weight is 376 g/mol. The Bertz CT molecular complexity index is 868. The third kappa shape index (κ3) is 3.59. The Morgan fingerprint density at radius 2 is 1.89 bits per heavy atom. The second-order valence-corrected chi connectivity index (χ2v) is 8.49. The second kappa shape index (κ2) is 7.69. The van der Waals surface area contributed by atoms with Crippen LogP contribution in [0.3, 0.4) is 0 Å². The van der Waals surface area contributed by atoms with Crippen LogP contribution >= 0.6 is 0 Å². The van der Waals surface area contributed by atoms with Crippen LogP contribution in [0.2, 0.25) is 0 Å². The van der Waals surface area contributed by atoms with E-state index in [9.17, 15) is 0 Å². The number of hydrogen-bond donors (Lipinski definition) is 0. The molecule has 2 fully saturated rings. The van der Waals surface area contributed by atoms with Gasteiger partial charge in [-0.1, -0.05) is 30.7 Å². The third-order valence-corrected chi connectivity index (χ3v) is 6.31. The van der Waals surface area contributed by atoms with Gasteiger partial charge in [0.05, 0.1) is 18.9 Å². The lowest BCUT2D eigenvalue weighted by Gasteiger charge is -2.26. The Morgan fingerprint density at radius 3 is 2.64 bits per heavy atom. The van der Waals surface area contributed by atoms with Gasteiger partial charge in [0.1, 0.15) is 0 Å². The van der Waals surface area contributed by atoms with Gasteiger partial charge in [-0.05, 0) is 42.5 Å². The summed E-state index contributed by atoms with van der Waals surface area (Å²) in [6.07, 6.45) is 6.69. The van der Waals surface area contributed by atoms with Crippen molar-refractivity contribution in [2.75, 3.05) is 50.8 Å². The molecule has 2 aromatic rings. The SMILES string of the molecule is CC1CCN(c2ccc(-c3nccc4c3C=C(CN3CCOCC3)C4)cc2)C1. The first-order valence-electron chi connectivity index (χ1n) is 10.6. The van der Waals surface area contributed by atoms with E-state index < -0.39 is 0 Å². The van der Waals surface area contributed by atoms with Crippen LogP contribution in [0.4, 0.5) is 5.69 Å². The van der Waals surface area contributed by atoms with Crippen molar-refractivity contribution in [3.8, 4) is 11.3 Å². The predicted octanol–water partition coefficient (Wildman–Crippen LogP) is 3.87. The number of rotatable bonds is 4. The molecule has 4 nitrogen and oxygen atoms in total. The summed E-state index contributed by atoms with van der Waals surface area (Å²) in [5.74, 6) is 0.800. The second-order valence-electron chi connectivity index (χ2n) is 8.49. The van der Waals surface area contributed by atoms with Crippen molar-refractivity contribution in [3.05, 3.63) is 53.2 Å². The maximum atomic E-state index is 5.48. The van der Waals surface area contributed by atoms with E-state index in [4.69, 9.17) is 9.72 Å². The van der Waals surface area contributed by atoms with Crippen molar-refractivity contribution in [1.82, 2.24) is 9.88 Å². The molecule has 0 saturated carbocycles. The van der Waals surface area contributed by atoms with Crippen LogP contribution < -0.4 is 4.90 Å². The Balaban J connectivity index is 1.36. The maximum Gasteiger partial charge on any atom is 0.0777 e. The van der Waals surface area contributed by atoms with Crippen LogP contribution in [0, 0.1) is 5.92 Å². The molecule has 28 heavy (non-hydrogen) atoms. The number of morpholine rings is 1. The smallest absolute Gasteiger partial charge is 0.0777 e.